The number of hydrogen-bond acceptors (Lipinski definition) is 6. The molecule has 0 atom stereocenters. The number of pyridine rings is 1. The molecule has 1 fully saturated rings. The van der Waals surface area contributed by atoms with E-state index in [2.05, 4.69) is 26.9 Å². The van der Waals surface area contributed by atoms with Gasteiger partial charge in [-0.15, -0.1) is 0 Å². The van der Waals surface area contributed by atoms with Crippen LogP contribution in [0.3, 0.4) is 0 Å². The summed E-state index contributed by atoms with van der Waals surface area (Å²) in [5.41, 5.74) is 9.27. The van der Waals surface area contributed by atoms with Crippen LogP contribution >= 0.6 is 0 Å². The smallest absolute Gasteiger partial charge is 0.253 e. The van der Waals surface area contributed by atoms with Crippen LogP contribution in [0.2, 0.25) is 0 Å². The summed E-state index contributed by atoms with van der Waals surface area (Å²) in [7, 11) is 0. The zero-order chi connectivity index (χ0) is 23.8. The van der Waals surface area contributed by atoms with E-state index in [-0.39, 0.29) is 11.7 Å². The fourth-order valence-corrected chi connectivity index (χ4v) is 4.37. The number of nitrogens with two attached hydrogens (primary N) is 1. The van der Waals surface area contributed by atoms with E-state index in [1.165, 1.54) is 6.07 Å². The summed E-state index contributed by atoms with van der Waals surface area (Å²) in [4.78, 5) is 32.2. The molecule has 5 rings (SSSR count). The molecule has 0 radical (unpaired) electrons. The highest BCUT2D eigenvalue weighted by atomic mass is 19.1. The summed E-state index contributed by atoms with van der Waals surface area (Å²) in [5.74, 6) is 1.56. The molecule has 9 heteroatoms. The Morgan fingerprint density at radius 3 is 2.56 bits per heavy atom. The number of likely N-dealkylation sites (tertiary alicyclic amines) is 1. The Hall–Kier alpha value is -3.88. The lowest BCUT2D eigenvalue weighted by Crippen LogP contribution is -2.37. The van der Waals surface area contributed by atoms with E-state index in [4.69, 9.17) is 5.73 Å². The minimum atomic E-state index is -0.457. The van der Waals surface area contributed by atoms with Gasteiger partial charge >= 0.3 is 0 Å². The summed E-state index contributed by atoms with van der Waals surface area (Å²) >= 11 is 0. The van der Waals surface area contributed by atoms with Gasteiger partial charge in [0.2, 0.25) is 0 Å². The largest absolute Gasteiger partial charge is 0.382 e. The molecule has 0 spiro atoms. The van der Waals surface area contributed by atoms with Crippen molar-refractivity contribution in [2.24, 2.45) is 5.92 Å². The number of fused-ring (bicyclic) bond motifs is 1. The molecule has 0 saturated carbocycles. The predicted molar refractivity (Wildman–Crippen MR) is 128 cm³/mol. The fourth-order valence-electron chi connectivity index (χ4n) is 4.37. The van der Waals surface area contributed by atoms with E-state index >= 15 is 0 Å². The molecule has 34 heavy (non-hydrogen) atoms. The molecular formula is C25H26FN7O. The molecule has 1 aromatic carbocycles. The maximum absolute atomic E-state index is 13.9. The van der Waals surface area contributed by atoms with Crippen LogP contribution in [-0.4, -0.2) is 48.4 Å². The Balaban J connectivity index is 1.48. The van der Waals surface area contributed by atoms with Gasteiger partial charge in [-0.1, -0.05) is 19.1 Å². The van der Waals surface area contributed by atoms with Gasteiger partial charge in [-0.05, 0) is 49.4 Å². The summed E-state index contributed by atoms with van der Waals surface area (Å²) < 4.78 is 15.8. The van der Waals surface area contributed by atoms with E-state index in [9.17, 15) is 9.18 Å². The van der Waals surface area contributed by atoms with Crippen molar-refractivity contribution in [2.45, 2.75) is 33.2 Å². The van der Waals surface area contributed by atoms with Crippen LogP contribution in [0.15, 0.2) is 42.7 Å². The van der Waals surface area contributed by atoms with Gasteiger partial charge in [-0.2, -0.15) is 0 Å². The average Bonchev–Trinajstić information content (AvgIpc) is 3.18. The van der Waals surface area contributed by atoms with Gasteiger partial charge in [0.25, 0.3) is 5.91 Å². The lowest BCUT2D eigenvalue weighted by atomic mass is 9.98. The lowest BCUT2D eigenvalue weighted by molar-refractivity contribution is 0.0697. The molecule has 0 bridgehead atoms. The fraction of sp³-hybridized carbons (Fsp3) is 0.320. The standard InChI is InChI=1S/C25H26FN7O/c1-15-7-9-32(10-8-15)25(34)18-5-3-17(4-6-18)14-33-23(19-11-20(26)13-28-12-19)31-21-22(27)29-16(2)30-24(21)33/h3-6,11-13,15H,7-10,14H2,1-2H3,(H2,27,29,30). The number of rotatable bonds is 4. The Kier molecular flexibility index (Phi) is 5.69. The van der Waals surface area contributed by atoms with E-state index < -0.39 is 5.82 Å². The van der Waals surface area contributed by atoms with Gasteiger partial charge in [0.05, 0.1) is 12.7 Å². The van der Waals surface area contributed by atoms with Gasteiger partial charge in [0, 0.05) is 30.4 Å². The minimum absolute atomic E-state index is 0.0641. The molecule has 8 nitrogen and oxygen atoms in total. The van der Waals surface area contributed by atoms with Crippen LogP contribution in [-0.2, 0) is 6.54 Å². The summed E-state index contributed by atoms with van der Waals surface area (Å²) in [6, 6.07) is 8.94. The third kappa shape index (κ3) is 4.21. The molecule has 1 aliphatic heterocycles. The van der Waals surface area contributed by atoms with E-state index in [0.29, 0.717) is 46.4 Å². The first-order chi connectivity index (χ1) is 16.4. The first-order valence-corrected chi connectivity index (χ1v) is 11.4. The van der Waals surface area contributed by atoms with Crippen LogP contribution < -0.4 is 5.73 Å². The first kappa shape index (κ1) is 21.9. The molecule has 1 aliphatic rings. The van der Waals surface area contributed by atoms with Crippen molar-refractivity contribution in [3.63, 3.8) is 0 Å². The van der Waals surface area contributed by atoms with Crippen LogP contribution in [0, 0.1) is 18.7 Å². The number of benzene rings is 1. The number of hydrogen-bond donors (Lipinski definition) is 1. The Morgan fingerprint density at radius 1 is 1.12 bits per heavy atom. The number of nitrogen functional groups attached to an aromatic ring is 1. The topological polar surface area (TPSA) is 103 Å². The highest BCUT2D eigenvalue weighted by molar-refractivity contribution is 5.94. The molecule has 4 heterocycles. The molecule has 1 amide bonds. The van der Waals surface area contributed by atoms with Crippen molar-refractivity contribution in [3.8, 4) is 11.4 Å². The van der Waals surface area contributed by atoms with E-state index in [1.807, 2.05) is 33.7 Å². The van der Waals surface area contributed by atoms with E-state index in [0.717, 1.165) is 37.7 Å². The van der Waals surface area contributed by atoms with Crippen molar-refractivity contribution >= 4 is 22.9 Å². The maximum Gasteiger partial charge on any atom is 0.253 e. The number of anilines is 1. The number of nitrogens with zero attached hydrogens (tertiary/aromatic N) is 6. The number of amides is 1. The predicted octanol–water partition coefficient (Wildman–Crippen LogP) is 3.84. The molecule has 0 aliphatic carbocycles. The number of piperidine rings is 1. The van der Waals surface area contributed by atoms with Gasteiger partial charge in [-0.25, -0.2) is 19.3 Å². The van der Waals surface area contributed by atoms with Crippen molar-refractivity contribution in [3.05, 3.63) is 65.5 Å². The van der Waals surface area contributed by atoms with Crippen LogP contribution in [0.5, 0.6) is 0 Å². The third-order valence-electron chi connectivity index (χ3n) is 6.31. The second-order valence-corrected chi connectivity index (χ2v) is 8.91. The highest BCUT2D eigenvalue weighted by Gasteiger charge is 2.22. The Morgan fingerprint density at radius 2 is 1.85 bits per heavy atom. The lowest BCUT2D eigenvalue weighted by Gasteiger charge is -2.30. The molecular weight excluding hydrogens is 433 g/mol. The number of imidazole rings is 1. The Labute approximate surface area is 196 Å². The normalized spacial score (nSPS) is 14.6. The first-order valence-electron chi connectivity index (χ1n) is 11.4. The van der Waals surface area contributed by atoms with Crippen molar-refractivity contribution in [1.82, 2.24) is 29.4 Å². The van der Waals surface area contributed by atoms with Gasteiger partial charge in [-0.3, -0.25) is 9.78 Å². The zero-order valence-corrected chi connectivity index (χ0v) is 19.2. The van der Waals surface area contributed by atoms with Gasteiger partial charge in [0.1, 0.15) is 17.5 Å². The van der Waals surface area contributed by atoms with Gasteiger partial charge < -0.3 is 15.2 Å². The summed E-state index contributed by atoms with van der Waals surface area (Å²) in [6.07, 6.45) is 4.78. The Bertz CT molecular complexity index is 1360. The summed E-state index contributed by atoms with van der Waals surface area (Å²) in [5, 5.41) is 0. The van der Waals surface area contributed by atoms with Crippen LogP contribution in [0.25, 0.3) is 22.6 Å². The molecule has 0 unspecified atom stereocenters. The van der Waals surface area contributed by atoms with Crippen molar-refractivity contribution in [1.29, 1.82) is 0 Å². The molecule has 3 aromatic heterocycles. The average molecular weight is 460 g/mol. The molecule has 2 N–H and O–H groups in total. The summed E-state index contributed by atoms with van der Waals surface area (Å²) in [6.45, 7) is 6.00. The van der Waals surface area contributed by atoms with E-state index in [1.54, 1.807) is 13.1 Å². The van der Waals surface area contributed by atoms with Crippen molar-refractivity contribution in [2.75, 3.05) is 18.8 Å². The SMILES string of the molecule is Cc1nc(N)c2nc(-c3cncc(F)c3)n(Cc3ccc(C(=O)N4CCC(C)CC4)cc3)c2n1. The number of carbonyl (C=O) groups is 1. The molecule has 1 saturated heterocycles. The van der Waals surface area contributed by atoms with Crippen LogP contribution in [0.1, 0.15) is 41.5 Å². The minimum Gasteiger partial charge on any atom is -0.382 e. The second kappa shape index (κ2) is 8.81. The van der Waals surface area contributed by atoms with Gasteiger partial charge in [0.15, 0.2) is 17.0 Å². The second-order valence-electron chi connectivity index (χ2n) is 8.91. The number of halogens is 1. The number of carbonyl (C=O) groups excluding carboxylic acids is 1. The number of aromatic nitrogens is 5. The van der Waals surface area contributed by atoms with Crippen molar-refractivity contribution < 1.29 is 9.18 Å². The molecule has 174 valence electrons. The monoisotopic (exact) mass is 459 g/mol. The zero-order valence-electron chi connectivity index (χ0n) is 19.2. The number of aryl methyl sites for hydroxylation is 1. The quantitative estimate of drug-likeness (QED) is 0.497. The molecule has 4 aromatic rings. The van der Waals surface area contributed by atoms with Crippen LogP contribution in [0.4, 0.5) is 10.2 Å². The highest BCUT2D eigenvalue weighted by Crippen LogP contribution is 2.27. The maximum atomic E-state index is 13.9. The third-order valence-corrected chi connectivity index (χ3v) is 6.31.